The molecule has 140 valence electrons. The third kappa shape index (κ3) is 4.20. The van der Waals surface area contributed by atoms with Crippen LogP contribution in [0.25, 0.3) is 11.4 Å². The van der Waals surface area contributed by atoms with Gasteiger partial charge < -0.3 is 15.9 Å². The van der Waals surface area contributed by atoms with Crippen LogP contribution in [0.5, 0.6) is 5.75 Å². The fraction of sp³-hybridized carbons (Fsp3) is 0.167. The molecule has 1 aromatic heterocycles. The fourth-order valence-electron chi connectivity index (χ4n) is 2.38. The first-order valence-corrected chi connectivity index (χ1v) is 8.94. The molecule has 0 radical (unpaired) electrons. The van der Waals surface area contributed by atoms with Gasteiger partial charge in [-0.15, -0.1) is 10.2 Å². The van der Waals surface area contributed by atoms with Crippen molar-refractivity contribution in [2.45, 2.75) is 17.3 Å². The molecule has 0 saturated heterocycles. The van der Waals surface area contributed by atoms with E-state index in [2.05, 4.69) is 15.5 Å². The van der Waals surface area contributed by atoms with Gasteiger partial charge in [0.05, 0.1) is 18.0 Å². The molecule has 0 spiro atoms. The number of nitrogens with zero attached hydrogens (tertiary/aromatic N) is 3. The van der Waals surface area contributed by atoms with Crippen LogP contribution in [0, 0.1) is 5.82 Å². The number of halogens is 1. The maximum atomic E-state index is 13.4. The number of para-hydroxylation sites is 2. The van der Waals surface area contributed by atoms with E-state index < -0.39 is 11.1 Å². The van der Waals surface area contributed by atoms with Crippen LogP contribution >= 0.6 is 11.8 Å². The molecule has 9 heteroatoms. The molecule has 27 heavy (non-hydrogen) atoms. The Hall–Kier alpha value is -3.07. The summed E-state index contributed by atoms with van der Waals surface area (Å²) in [5.41, 5.74) is 1.08. The monoisotopic (exact) mass is 387 g/mol. The summed E-state index contributed by atoms with van der Waals surface area (Å²) in [6.45, 7) is 1.73. The highest BCUT2D eigenvalue weighted by molar-refractivity contribution is 8.00. The van der Waals surface area contributed by atoms with E-state index in [-0.39, 0.29) is 5.91 Å². The Balaban J connectivity index is 1.72. The first-order valence-electron chi connectivity index (χ1n) is 8.06. The SMILES string of the molecule is COc1ccccc1NC(=O)[C@H](C)Sc1nnc(-c2cccc(F)c2)n1N. The van der Waals surface area contributed by atoms with Crippen LogP contribution in [0.4, 0.5) is 10.1 Å². The standard InChI is InChI=1S/C18H18FN5O2S/c1-11(17(25)21-14-8-3-4-9-15(14)26-2)27-18-23-22-16(24(18)20)12-6-5-7-13(19)10-12/h3-11H,20H2,1-2H3,(H,21,25)/t11-/m0/s1. The van der Waals surface area contributed by atoms with Gasteiger partial charge in [-0.1, -0.05) is 36.0 Å². The number of hydrogen-bond donors (Lipinski definition) is 2. The summed E-state index contributed by atoms with van der Waals surface area (Å²) in [5, 5.41) is 10.7. The lowest BCUT2D eigenvalue weighted by Crippen LogP contribution is -2.24. The van der Waals surface area contributed by atoms with Crippen LogP contribution in [-0.2, 0) is 4.79 Å². The smallest absolute Gasteiger partial charge is 0.237 e. The molecule has 7 nitrogen and oxygen atoms in total. The number of methoxy groups -OCH3 is 1. The number of aromatic nitrogens is 3. The number of rotatable bonds is 6. The maximum absolute atomic E-state index is 13.4. The van der Waals surface area contributed by atoms with Crippen molar-refractivity contribution in [3.05, 3.63) is 54.3 Å². The van der Waals surface area contributed by atoms with Crippen molar-refractivity contribution in [3.8, 4) is 17.1 Å². The first-order chi connectivity index (χ1) is 13.0. The highest BCUT2D eigenvalue weighted by Gasteiger charge is 2.21. The van der Waals surface area contributed by atoms with E-state index in [0.29, 0.717) is 28.0 Å². The average molecular weight is 387 g/mol. The van der Waals surface area contributed by atoms with Crippen molar-refractivity contribution in [1.29, 1.82) is 0 Å². The van der Waals surface area contributed by atoms with Crippen LogP contribution in [0.3, 0.4) is 0 Å². The zero-order valence-corrected chi connectivity index (χ0v) is 15.5. The molecule has 0 aliphatic rings. The lowest BCUT2D eigenvalue weighted by molar-refractivity contribution is -0.115. The van der Waals surface area contributed by atoms with Crippen molar-refractivity contribution >= 4 is 23.4 Å². The Morgan fingerprint density at radius 1 is 1.26 bits per heavy atom. The molecular formula is C18H18FN5O2S. The molecule has 3 rings (SSSR count). The van der Waals surface area contributed by atoms with Gasteiger partial charge in [0, 0.05) is 5.56 Å². The molecule has 0 aliphatic heterocycles. The van der Waals surface area contributed by atoms with Crippen LogP contribution < -0.4 is 15.9 Å². The predicted molar refractivity (Wildman–Crippen MR) is 103 cm³/mol. The Labute approximate surface area is 159 Å². The Morgan fingerprint density at radius 2 is 2.04 bits per heavy atom. The second kappa shape index (κ2) is 8.09. The second-order valence-corrected chi connectivity index (χ2v) is 6.94. The largest absolute Gasteiger partial charge is 0.495 e. The van der Waals surface area contributed by atoms with Gasteiger partial charge in [-0.05, 0) is 31.2 Å². The number of amides is 1. The lowest BCUT2D eigenvalue weighted by Gasteiger charge is -2.13. The van der Waals surface area contributed by atoms with Crippen molar-refractivity contribution < 1.29 is 13.9 Å². The van der Waals surface area contributed by atoms with Crippen LogP contribution in [-0.4, -0.2) is 33.1 Å². The number of anilines is 1. The molecule has 3 aromatic rings. The van der Waals surface area contributed by atoms with Crippen LogP contribution in [0.2, 0.25) is 0 Å². The highest BCUT2D eigenvalue weighted by Crippen LogP contribution is 2.27. The minimum Gasteiger partial charge on any atom is -0.495 e. The van der Waals surface area contributed by atoms with Gasteiger partial charge in [-0.2, -0.15) is 0 Å². The van der Waals surface area contributed by atoms with Gasteiger partial charge in [-0.25, -0.2) is 9.07 Å². The van der Waals surface area contributed by atoms with Crippen molar-refractivity contribution in [1.82, 2.24) is 14.9 Å². The number of benzene rings is 2. The van der Waals surface area contributed by atoms with E-state index in [0.717, 1.165) is 11.8 Å². The normalized spacial score (nSPS) is 11.8. The summed E-state index contributed by atoms with van der Waals surface area (Å²) in [7, 11) is 1.54. The number of nitrogen functional groups attached to an aromatic ring is 1. The highest BCUT2D eigenvalue weighted by atomic mass is 32.2. The van der Waals surface area contributed by atoms with Crippen molar-refractivity contribution in [3.63, 3.8) is 0 Å². The minimum absolute atomic E-state index is 0.236. The summed E-state index contributed by atoms with van der Waals surface area (Å²) in [6, 6.07) is 13.0. The number of ether oxygens (including phenoxy) is 1. The number of nitrogens with one attached hydrogen (secondary N) is 1. The zero-order chi connectivity index (χ0) is 19.4. The average Bonchev–Trinajstić information content (AvgIpc) is 3.02. The van der Waals surface area contributed by atoms with Gasteiger partial charge in [-0.3, -0.25) is 4.79 Å². The minimum atomic E-state index is -0.498. The maximum Gasteiger partial charge on any atom is 0.237 e. The number of thioether (sulfide) groups is 1. The molecule has 1 heterocycles. The van der Waals surface area contributed by atoms with Crippen LogP contribution in [0.15, 0.2) is 53.7 Å². The predicted octanol–water partition coefficient (Wildman–Crippen LogP) is 2.93. The summed E-state index contributed by atoms with van der Waals surface area (Å²) in [4.78, 5) is 12.5. The molecule has 0 aliphatic carbocycles. The summed E-state index contributed by atoms with van der Waals surface area (Å²) in [5.74, 6) is 6.28. The van der Waals surface area contributed by atoms with E-state index in [4.69, 9.17) is 10.6 Å². The van der Waals surface area contributed by atoms with E-state index in [1.165, 1.54) is 23.9 Å². The van der Waals surface area contributed by atoms with E-state index in [1.807, 2.05) is 6.07 Å². The zero-order valence-electron chi connectivity index (χ0n) is 14.7. The molecule has 0 saturated carbocycles. The van der Waals surface area contributed by atoms with E-state index in [1.54, 1.807) is 37.3 Å². The number of hydrogen-bond acceptors (Lipinski definition) is 6. The summed E-state index contributed by atoms with van der Waals surface area (Å²) >= 11 is 1.15. The fourth-order valence-corrected chi connectivity index (χ4v) is 3.15. The topological polar surface area (TPSA) is 95.1 Å². The third-order valence-corrected chi connectivity index (χ3v) is 4.82. The van der Waals surface area contributed by atoms with Crippen molar-refractivity contribution in [2.75, 3.05) is 18.3 Å². The van der Waals surface area contributed by atoms with Crippen molar-refractivity contribution in [2.24, 2.45) is 0 Å². The summed E-state index contributed by atoms with van der Waals surface area (Å²) < 4.78 is 19.9. The number of carbonyl (C=O) groups is 1. The summed E-state index contributed by atoms with van der Waals surface area (Å²) in [6.07, 6.45) is 0. The lowest BCUT2D eigenvalue weighted by atomic mass is 10.2. The number of nitrogens with two attached hydrogens (primary N) is 1. The van der Waals surface area contributed by atoms with Gasteiger partial charge in [0.2, 0.25) is 11.1 Å². The third-order valence-electron chi connectivity index (χ3n) is 3.76. The van der Waals surface area contributed by atoms with Gasteiger partial charge in [0.15, 0.2) is 5.82 Å². The van der Waals surface area contributed by atoms with Gasteiger partial charge in [0.25, 0.3) is 0 Å². The first kappa shape index (κ1) is 18.7. The molecule has 3 N–H and O–H groups in total. The van der Waals surface area contributed by atoms with Gasteiger partial charge >= 0.3 is 0 Å². The van der Waals surface area contributed by atoms with Gasteiger partial charge in [0.1, 0.15) is 11.6 Å². The molecule has 0 fully saturated rings. The van der Waals surface area contributed by atoms with E-state index >= 15 is 0 Å². The van der Waals surface area contributed by atoms with E-state index in [9.17, 15) is 9.18 Å². The second-order valence-electron chi connectivity index (χ2n) is 5.64. The molecule has 0 unspecified atom stereocenters. The Morgan fingerprint density at radius 3 is 2.78 bits per heavy atom. The molecular weight excluding hydrogens is 369 g/mol. The molecule has 2 aromatic carbocycles. The Kier molecular flexibility index (Phi) is 5.60. The molecule has 0 bridgehead atoms. The molecule has 1 amide bonds. The number of carbonyl (C=O) groups excluding carboxylic acids is 1. The molecule has 1 atom stereocenters. The quantitative estimate of drug-likeness (QED) is 0.499. The van der Waals surface area contributed by atoms with Crippen LogP contribution in [0.1, 0.15) is 6.92 Å². The Bertz CT molecular complexity index is 962.